The van der Waals surface area contributed by atoms with Crippen molar-refractivity contribution in [1.82, 2.24) is 4.57 Å². The summed E-state index contributed by atoms with van der Waals surface area (Å²) in [6, 6.07) is 23.9. The number of anilines is 1. The highest BCUT2D eigenvalue weighted by atomic mass is 35.5. The molecule has 0 spiro atoms. The van der Waals surface area contributed by atoms with E-state index in [0.29, 0.717) is 12.1 Å². The summed E-state index contributed by atoms with van der Waals surface area (Å²) < 4.78 is 2.18. The lowest BCUT2D eigenvalue weighted by Gasteiger charge is -2.07. The van der Waals surface area contributed by atoms with Crippen molar-refractivity contribution in [3.63, 3.8) is 0 Å². The largest absolute Gasteiger partial charge is 0.342 e. The fourth-order valence-corrected chi connectivity index (χ4v) is 3.96. The van der Waals surface area contributed by atoms with E-state index in [4.69, 9.17) is 11.6 Å². The third-order valence-corrected chi connectivity index (χ3v) is 5.50. The highest BCUT2D eigenvalue weighted by Gasteiger charge is 2.24. The molecule has 28 heavy (non-hydrogen) atoms. The lowest BCUT2D eigenvalue weighted by molar-refractivity contribution is -0.110. The van der Waals surface area contributed by atoms with Crippen molar-refractivity contribution in [2.75, 3.05) is 5.32 Å². The van der Waals surface area contributed by atoms with E-state index in [1.807, 2.05) is 66.7 Å². The van der Waals surface area contributed by atoms with Crippen molar-refractivity contribution in [2.24, 2.45) is 0 Å². The quantitative estimate of drug-likeness (QED) is 0.442. The van der Waals surface area contributed by atoms with Gasteiger partial charge in [0.25, 0.3) is 5.91 Å². The summed E-state index contributed by atoms with van der Waals surface area (Å²) in [6.07, 6.45) is 4.07. The number of rotatable bonds is 3. The van der Waals surface area contributed by atoms with Crippen molar-refractivity contribution in [2.45, 2.75) is 6.54 Å². The van der Waals surface area contributed by atoms with Gasteiger partial charge in [0.05, 0.1) is 0 Å². The summed E-state index contributed by atoms with van der Waals surface area (Å²) in [4.78, 5) is 12.5. The summed E-state index contributed by atoms with van der Waals surface area (Å²) in [5, 5.41) is 4.80. The molecule has 0 fully saturated rings. The average Bonchev–Trinajstić information content (AvgIpc) is 3.22. The maximum atomic E-state index is 12.5. The van der Waals surface area contributed by atoms with Crippen LogP contribution in [0.3, 0.4) is 0 Å². The number of para-hydroxylation sites is 2. The highest BCUT2D eigenvalue weighted by molar-refractivity contribution is 6.35. The molecule has 4 heteroatoms. The van der Waals surface area contributed by atoms with Crippen molar-refractivity contribution < 1.29 is 4.79 Å². The Balaban J connectivity index is 1.64. The van der Waals surface area contributed by atoms with Crippen LogP contribution in [0.25, 0.3) is 22.6 Å². The molecule has 0 saturated heterocycles. The molecule has 0 atom stereocenters. The Morgan fingerprint density at radius 1 is 0.929 bits per heavy atom. The zero-order valence-corrected chi connectivity index (χ0v) is 15.8. The molecular formula is C24H17ClN2O. The molecule has 0 saturated carbocycles. The monoisotopic (exact) mass is 384 g/mol. The molecule has 3 aromatic carbocycles. The van der Waals surface area contributed by atoms with Gasteiger partial charge in [0, 0.05) is 51.1 Å². The molecule has 2 heterocycles. The Bertz CT molecular complexity index is 1250. The standard InChI is InChI=1S/C24H17ClN2O/c25-21-10-4-1-7-16(21)14-27-15-17(18-8-3-6-12-23(18)27)13-20-19-9-2-5-11-22(19)26-24(20)28/h1-13,15H,14H2,(H,26,28)/b20-13+. The molecule has 4 aromatic rings. The molecule has 3 nitrogen and oxygen atoms in total. The van der Waals surface area contributed by atoms with Crippen molar-refractivity contribution in [3.8, 4) is 0 Å². The van der Waals surface area contributed by atoms with Gasteiger partial charge in [-0.05, 0) is 29.8 Å². The summed E-state index contributed by atoms with van der Waals surface area (Å²) in [6.45, 7) is 0.673. The second kappa shape index (κ2) is 6.70. The number of hydrogen-bond donors (Lipinski definition) is 1. The fourth-order valence-electron chi connectivity index (χ4n) is 3.77. The van der Waals surface area contributed by atoms with Crippen molar-refractivity contribution in [3.05, 3.63) is 101 Å². The topological polar surface area (TPSA) is 34.0 Å². The zero-order chi connectivity index (χ0) is 19.1. The van der Waals surface area contributed by atoms with Gasteiger partial charge in [0.1, 0.15) is 0 Å². The number of aromatic nitrogens is 1. The lowest BCUT2D eigenvalue weighted by Crippen LogP contribution is -2.03. The van der Waals surface area contributed by atoms with E-state index < -0.39 is 0 Å². The van der Waals surface area contributed by atoms with Crippen LogP contribution >= 0.6 is 11.6 Å². The predicted molar refractivity (Wildman–Crippen MR) is 115 cm³/mol. The van der Waals surface area contributed by atoms with Crippen LogP contribution in [0, 0.1) is 0 Å². The third kappa shape index (κ3) is 2.81. The second-order valence-corrected chi connectivity index (χ2v) is 7.29. The van der Waals surface area contributed by atoms with E-state index in [9.17, 15) is 4.79 Å². The van der Waals surface area contributed by atoms with E-state index in [1.54, 1.807) is 0 Å². The molecule has 1 aliphatic heterocycles. The first-order chi connectivity index (χ1) is 13.7. The van der Waals surface area contributed by atoms with E-state index in [0.717, 1.165) is 38.3 Å². The van der Waals surface area contributed by atoms with Gasteiger partial charge in [0.15, 0.2) is 0 Å². The van der Waals surface area contributed by atoms with Gasteiger partial charge in [-0.3, -0.25) is 4.79 Å². The second-order valence-electron chi connectivity index (χ2n) is 6.88. The zero-order valence-electron chi connectivity index (χ0n) is 15.0. The maximum Gasteiger partial charge on any atom is 0.256 e. The smallest absolute Gasteiger partial charge is 0.256 e. The Kier molecular flexibility index (Phi) is 4.03. The molecule has 136 valence electrons. The summed E-state index contributed by atoms with van der Waals surface area (Å²) in [5.41, 5.74) is 5.68. The van der Waals surface area contributed by atoms with Crippen LogP contribution in [0.2, 0.25) is 5.02 Å². The maximum absolute atomic E-state index is 12.5. The van der Waals surface area contributed by atoms with Gasteiger partial charge < -0.3 is 9.88 Å². The minimum Gasteiger partial charge on any atom is -0.342 e. The molecule has 5 rings (SSSR count). The normalized spacial score (nSPS) is 14.5. The van der Waals surface area contributed by atoms with E-state index in [-0.39, 0.29) is 5.91 Å². The van der Waals surface area contributed by atoms with Crippen molar-refractivity contribution >= 4 is 45.7 Å². The number of amides is 1. The molecular weight excluding hydrogens is 368 g/mol. The summed E-state index contributed by atoms with van der Waals surface area (Å²) in [7, 11) is 0. The number of nitrogens with zero attached hydrogens (tertiary/aromatic N) is 1. The first kappa shape index (κ1) is 16.8. The number of carbonyl (C=O) groups excluding carboxylic acids is 1. The number of nitrogens with one attached hydrogen (secondary N) is 1. The number of halogens is 1. The van der Waals surface area contributed by atoms with Crippen LogP contribution in [0.5, 0.6) is 0 Å². The average molecular weight is 385 g/mol. The van der Waals surface area contributed by atoms with Gasteiger partial charge in [-0.1, -0.05) is 66.2 Å². The predicted octanol–water partition coefficient (Wildman–Crippen LogP) is 5.84. The van der Waals surface area contributed by atoms with Gasteiger partial charge in [-0.15, -0.1) is 0 Å². The lowest BCUT2D eigenvalue weighted by atomic mass is 10.0. The van der Waals surface area contributed by atoms with Gasteiger partial charge in [-0.25, -0.2) is 0 Å². The van der Waals surface area contributed by atoms with Crippen LogP contribution in [0.15, 0.2) is 79.0 Å². The van der Waals surface area contributed by atoms with Gasteiger partial charge in [-0.2, -0.15) is 0 Å². The fraction of sp³-hybridized carbons (Fsp3) is 0.0417. The molecule has 0 unspecified atom stereocenters. The van der Waals surface area contributed by atoms with Crippen LogP contribution in [-0.2, 0) is 11.3 Å². The molecule has 1 N–H and O–H groups in total. The Labute approximate surface area is 167 Å². The minimum atomic E-state index is -0.0656. The highest BCUT2D eigenvalue weighted by Crippen LogP contribution is 2.34. The first-order valence-corrected chi connectivity index (χ1v) is 9.52. The Morgan fingerprint density at radius 3 is 2.57 bits per heavy atom. The molecule has 0 radical (unpaired) electrons. The van der Waals surface area contributed by atoms with E-state index in [1.165, 1.54) is 0 Å². The SMILES string of the molecule is O=C1Nc2ccccc2/C1=C\c1cn(Cc2ccccc2Cl)c2ccccc12. The number of carbonyl (C=O) groups is 1. The minimum absolute atomic E-state index is 0.0656. The van der Waals surface area contributed by atoms with E-state index >= 15 is 0 Å². The number of hydrogen-bond acceptors (Lipinski definition) is 1. The van der Waals surface area contributed by atoms with Gasteiger partial charge in [0.2, 0.25) is 0 Å². The van der Waals surface area contributed by atoms with Crippen LogP contribution < -0.4 is 5.32 Å². The van der Waals surface area contributed by atoms with E-state index in [2.05, 4.69) is 28.2 Å². The summed E-state index contributed by atoms with van der Waals surface area (Å²) >= 11 is 6.37. The molecule has 1 aromatic heterocycles. The molecule has 0 bridgehead atoms. The first-order valence-electron chi connectivity index (χ1n) is 9.14. The number of fused-ring (bicyclic) bond motifs is 2. The Hall–Kier alpha value is -3.30. The van der Waals surface area contributed by atoms with Crippen LogP contribution in [0.4, 0.5) is 5.69 Å². The number of benzene rings is 3. The molecule has 0 aliphatic carbocycles. The Morgan fingerprint density at radius 2 is 1.68 bits per heavy atom. The van der Waals surface area contributed by atoms with Crippen LogP contribution in [-0.4, -0.2) is 10.5 Å². The summed E-state index contributed by atoms with van der Waals surface area (Å²) in [5.74, 6) is -0.0656. The van der Waals surface area contributed by atoms with Gasteiger partial charge >= 0.3 is 0 Å². The third-order valence-electron chi connectivity index (χ3n) is 5.13. The van der Waals surface area contributed by atoms with Crippen LogP contribution in [0.1, 0.15) is 16.7 Å². The molecule has 1 aliphatic rings. The molecule has 1 amide bonds. The van der Waals surface area contributed by atoms with Crippen molar-refractivity contribution in [1.29, 1.82) is 0 Å².